The van der Waals surface area contributed by atoms with E-state index in [0.29, 0.717) is 5.56 Å². The van der Waals surface area contributed by atoms with Crippen LogP contribution in [0, 0.1) is 5.92 Å². The molecule has 0 bridgehead atoms. The maximum atomic E-state index is 12.8. The molecular weight excluding hydrogens is 296 g/mol. The molecule has 1 aromatic carbocycles. The topological polar surface area (TPSA) is 75.7 Å². The predicted molar refractivity (Wildman–Crippen MR) is 84.3 cm³/mol. The van der Waals surface area contributed by atoms with E-state index in [-0.39, 0.29) is 25.6 Å². The van der Waals surface area contributed by atoms with E-state index in [0.717, 1.165) is 0 Å². The van der Waals surface area contributed by atoms with Gasteiger partial charge < -0.3 is 15.0 Å². The van der Waals surface area contributed by atoms with Gasteiger partial charge in [0.1, 0.15) is 0 Å². The molecule has 1 fully saturated rings. The lowest BCUT2D eigenvalue weighted by atomic mass is 9.74. The molecule has 124 valence electrons. The first-order valence-electron chi connectivity index (χ1n) is 7.63. The standard InChI is InChI=1S/C17H22N2O4/c1-12(2)10-23-14(20)9-17(13-7-5-4-6-8-13)15(21)18-11-19(3)16(17)22/h4-8,12H,9-11H2,1-3H3,(H,18,21). The fourth-order valence-corrected chi connectivity index (χ4v) is 2.60. The van der Waals surface area contributed by atoms with Gasteiger partial charge in [-0.25, -0.2) is 0 Å². The zero-order valence-electron chi connectivity index (χ0n) is 13.7. The molecule has 1 aliphatic heterocycles. The van der Waals surface area contributed by atoms with E-state index in [1.165, 1.54) is 4.90 Å². The van der Waals surface area contributed by atoms with Crippen LogP contribution in [0.15, 0.2) is 30.3 Å². The summed E-state index contributed by atoms with van der Waals surface area (Å²) in [5.74, 6) is -1.23. The summed E-state index contributed by atoms with van der Waals surface area (Å²) in [5, 5.41) is 2.68. The van der Waals surface area contributed by atoms with E-state index in [1.807, 2.05) is 13.8 Å². The number of ether oxygens (including phenoxy) is 1. The highest BCUT2D eigenvalue weighted by Gasteiger charge is 2.53. The number of nitrogens with one attached hydrogen (secondary N) is 1. The van der Waals surface area contributed by atoms with Gasteiger partial charge in [0.15, 0.2) is 5.41 Å². The van der Waals surface area contributed by atoms with Gasteiger partial charge in [0.2, 0.25) is 11.8 Å². The number of amides is 2. The zero-order chi connectivity index (χ0) is 17.0. The van der Waals surface area contributed by atoms with Crippen molar-refractivity contribution in [1.29, 1.82) is 0 Å². The van der Waals surface area contributed by atoms with Crippen molar-refractivity contribution in [3.63, 3.8) is 0 Å². The molecular formula is C17H22N2O4. The lowest BCUT2D eigenvalue weighted by molar-refractivity contribution is -0.158. The van der Waals surface area contributed by atoms with Gasteiger partial charge >= 0.3 is 5.97 Å². The Morgan fingerprint density at radius 2 is 1.96 bits per heavy atom. The average molecular weight is 318 g/mol. The van der Waals surface area contributed by atoms with Gasteiger partial charge in [-0.1, -0.05) is 44.2 Å². The molecule has 1 heterocycles. The first kappa shape index (κ1) is 17.0. The lowest BCUT2D eigenvalue weighted by Crippen LogP contribution is -2.63. The van der Waals surface area contributed by atoms with Crippen LogP contribution in [0.5, 0.6) is 0 Å². The van der Waals surface area contributed by atoms with Crippen LogP contribution in [0.25, 0.3) is 0 Å². The zero-order valence-corrected chi connectivity index (χ0v) is 13.7. The Morgan fingerprint density at radius 3 is 2.57 bits per heavy atom. The molecule has 0 radical (unpaired) electrons. The molecule has 0 aromatic heterocycles. The fourth-order valence-electron chi connectivity index (χ4n) is 2.60. The highest BCUT2D eigenvalue weighted by molar-refractivity contribution is 6.14. The minimum Gasteiger partial charge on any atom is -0.465 e. The number of carbonyl (C=O) groups is 3. The molecule has 2 rings (SSSR count). The van der Waals surface area contributed by atoms with Gasteiger partial charge in [-0.15, -0.1) is 0 Å². The van der Waals surface area contributed by atoms with Crippen molar-refractivity contribution in [2.75, 3.05) is 20.3 Å². The van der Waals surface area contributed by atoms with Gasteiger partial charge in [0.25, 0.3) is 0 Å². The molecule has 1 atom stereocenters. The second-order valence-corrected chi connectivity index (χ2v) is 6.19. The number of hydrogen-bond acceptors (Lipinski definition) is 4. The molecule has 1 saturated heterocycles. The number of carbonyl (C=O) groups excluding carboxylic acids is 3. The van der Waals surface area contributed by atoms with Crippen molar-refractivity contribution in [1.82, 2.24) is 10.2 Å². The molecule has 1 aliphatic rings. The molecule has 0 saturated carbocycles. The highest BCUT2D eigenvalue weighted by atomic mass is 16.5. The van der Waals surface area contributed by atoms with E-state index >= 15 is 0 Å². The predicted octanol–water partition coefficient (Wildman–Crippen LogP) is 1.06. The summed E-state index contributed by atoms with van der Waals surface area (Å²) in [5.41, 5.74) is -1.07. The molecule has 0 aliphatic carbocycles. The smallest absolute Gasteiger partial charge is 0.307 e. The molecule has 1 unspecified atom stereocenters. The van der Waals surface area contributed by atoms with Crippen molar-refractivity contribution in [3.8, 4) is 0 Å². The Hall–Kier alpha value is -2.37. The number of hydrogen-bond donors (Lipinski definition) is 1. The third-order valence-electron chi connectivity index (χ3n) is 3.83. The Labute approximate surface area is 135 Å². The Balaban J connectivity index is 2.38. The van der Waals surface area contributed by atoms with Gasteiger partial charge in [-0.3, -0.25) is 14.4 Å². The normalized spacial score (nSPS) is 21.3. The van der Waals surface area contributed by atoms with Crippen LogP contribution in [0.1, 0.15) is 25.8 Å². The number of likely N-dealkylation sites (N-methyl/N-ethyl adjacent to an activating group) is 1. The van der Waals surface area contributed by atoms with E-state index in [2.05, 4.69) is 5.32 Å². The van der Waals surface area contributed by atoms with E-state index in [4.69, 9.17) is 4.74 Å². The maximum Gasteiger partial charge on any atom is 0.307 e. The van der Waals surface area contributed by atoms with Crippen LogP contribution in [0.4, 0.5) is 0 Å². The molecule has 1 N–H and O–H groups in total. The fraction of sp³-hybridized carbons (Fsp3) is 0.471. The van der Waals surface area contributed by atoms with Crippen LogP contribution < -0.4 is 5.32 Å². The van der Waals surface area contributed by atoms with Crippen LogP contribution in [-0.2, 0) is 24.5 Å². The summed E-state index contributed by atoms with van der Waals surface area (Å²) in [6.07, 6.45) is -0.307. The molecule has 0 spiro atoms. The summed E-state index contributed by atoms with van der Waals surface area (Å²) in [6, 6.07) is 8.65. The van der Waals surface area contributed by atoms with Gasteiger partial charge in [0.05, 0.1) is 19.7 Å². The SMILES string of the molecule is CC(C)COC(=O)CC1(c2ccccc2)C(=O)NCN(C)C1=O. The van der Waals surface area contributed by atoms with Crippen LogP contribution >= 0.6 is 0 Å². The summed E-state index contributed by atoms with van der Waals surface area (Å²) < 4.78 is 5.19. The molecule has 6 nitrogen and oxygen atoms in total. The number of esters is 1. The first-order chi connectivity index (χ1) is 10.9. The third-order valence-corrected chi connectivity index (χ3v) is 3.83. The molecule has 1 aromatic rings. The average Bonchev–Trinajstić information content (AvgIpc) is 2.54. The third kappa shape index (κ3) is 3.36. The Morgan fingerprint density at radius 1 is 1.30 bits per heavy atom. The minimum absolute atomic E-state index is 0.132. The second kappa shape index (κ2) is 6.81. The van der Waals surface area contributed by atoms with Gasteiger partial charge in [-0.05, 0) is 11.5 Å². The van der Waals surface area contributed by atoms with Crippen LogP contribution in [0.2, 0.25) is 0 Å². The van der Waals surface area contributed by atoms with Crippen LogP contribution in [-0.4, -0.2) is 43.0 Å². The quantitative estimate of drug-likeness (QED) is 0.650. The lowest BCUT2D eigenvalue weighted by Gasteiger charge is -2.39. The monoisotopic (exact) mass is 318 g/mol. The number of rotatable bonds is 5. The summed E-state index contributed by atoms with van der Waals surface area (Å²) in [7, 11) is 1.60. The maximum absolute atomic E-state index is 12.8. The summed E-state index contributed by atoms with van der Waals surface area (Å²) >= 11 is 0. The summed E-state index contributed by atoms with van der Waals surface area (Å²) in [6.45, 7) is 4.24. The van der Waals surface area contributed by atoms with Gasteiger partial charge in [-0.2, -0.15) is 0 Å². The molecule has 23 heavy (non-hydrogen) atoms. The Bertz CT molecular complexity index is 600. The van der Waals surface area contributed by atoms with Crippen molar-refractivity contribution in [3.05, 3.63) is 35.9 Å². The first-order valence-corrected chi connectivity index (χ1v) is 7.63. The van der Waals surface area contributed by atoms with Crippen molar-refractivity contribution < 1.29 is 19.1 Å². The minimum atomic E-state index is -1.57. The Kier molecular flexibility index (Phi) is 5.03. The van der Waals surface area contributed by atoms with Crippen LogP contribution in [0.3, 0.4) is 0 Å². The van der Waals surface area contributed by atoms with Crippen molar-refractivity contribution in [2.24, 2.45) is 5.92 Å². The van der Waals surface area contributed by atoms with Crippen molar-refractivity contribution >= 4 is 17.8 Å². The highest BCUT2D eigenvalue weighted by Crippen LogP contribution is 2.33. The van der Waals surface area contributed by atoms with E-state index in [9.17, 15) is 14.4 Å². The summed E-state index contributed by atoms with van der Waals surface area (Å²) in [4.78, 5) is 39.0. The number of benzene rings is 1. The largest absolute Gasteiger partial charge is 0.465 e. The van der Waals surface area contributed by atoms with Gasteiger partial charge in [0, 0.05) is 7.05 Å². The van der Waals surface area contributed by atoms with E-state index < -0.39 is 23.2 Å². The molecule has 6 heteroatoms. The van der Waals surface area contributed by atoms with E-state index in [1.54, 1.807) is 37.4 Å². The second-order valence-electron chi connectivity index (χ2n) is 6.19. The molecule has 2 amide bonds. The van der Waals surface area contributed by atoms with Crippen molar-refractivity contribution in [2.45, 2.75) is 25.7 Å². The number of nitrogens with zero attached hydrogens (tertiary/aromatic N) is 1.